The fourth-order valence-corrected chi connectivity index (χ4v) is 3.89. The SMILES string of the molecule is COc1ccc2c(c1NC(=O)N(C)C[C@H]1CCN(C(C)=O)C1)CCC2. The summed E-state index contributed by atoms with van der Waals surface area (Å²) in [7, 11) is 3.44. The third kappa shape index (κ3) is 3.72. The molecule has 3 rings (SSSR count). The molecule has 3 amide bonds. The molecule has 1 aromatic carbocycles. The number of nitrogens with zero attached hydrogens (tertiary/aromatic N) is 2. The Labute approximate surface area is 149 Å². The lowest BCUT2D eigenvalue weighted by Gasteiger charge is -2.23. The highest BCUT2D eigenvalue weighted by Crippen LogP contribution is 2.36. The van der Waals surface area contributed by atoms with Crippen molar-refractivity contribution in [2.24, 2.45) is 5.92 Å². The number of carbonyl (C=O) groups excluding carboxylic acids is 2. The first-order valence-electron chi connectivity index (χ1n) is 8.96. The van der Waals surface area contributed by atoms with Crippen molar-refractivity contribution in [1.29, 1.82) is 0 Å². The van der Waals surface area contributed by atoms with E-state index in [9.17, 15) is 9.59 Å². The van der Waals surface area contributed by atoms with Gasteiger partial charge in [0.05, 0.1) is 12.8 Å². The van der Waals surface area contributed by atoms with Gasteiger partial charge in [0.15, 0.2) is 0 Å². The van der Waals surface area contributed by atoms with Gasteiger partial charge in [-0.1, -0.05) is 6.07 Å². The minimum atomic E-state index is -0.125. The number of methoxy groups -OCH3 is 1. The van der Waals surface area contributed by atoms with Crippen molar-refractivity contribution < 1.29 is 14.3 Å². The summed E-state index contributed by atoms with van der Waals surface area (Å²) >= 11 is 0. The molecular weight excluding hydrogens is 318 g/mol. The molecule has 6 heteroatoms. The average Bonchev–Trinajstić information content (AvgIpc) is 3.24. The van der Waals surface area contributed by atoms with Crippen LogP contribution in [0.3, 0.4) is 0 Å². The van der Waals surface area contributed by atoms with Crippen molar-refractivity contribution in [1.82, 2.24) is 9.80 Å². The van der Waals surface area contributed by atoms with Gasteiger partial charge >= 0.3 is 6.03 Å². The summed E-state index contributed by atoms with van der Waals surface area (Å²) in [5.41, 5.74) is 3.31. The molecule has 25 heavy (non-hydrogen) atoms. The minimum absolute atomic E-state index is 0.110. The fraction of sp³-hybridized carbons (Fsp3) is 0.579. The lowest BCUT2D eigenvalue weighted by Crippen LogP contribution is -2.36. The van der Waals surface area contributed by atoms with E-state index in [2.05, 4.69) is 11.4 Å². The average molecular weight is 345 g/mol. The molecule has 1 heterocycles. The van der Waals surface area contributed by atoms with Crippen molar-refractivity contribution in [2.45, 2.75) is 32.6 Å². The number of ether oxygens (including phenoxy) is 1. The molecule has 0 bridgehead atoms. The second-order valence-corrected chi connectivity index (χ2v) is 7.06. The van der Waals surface area contributed by atoms with Crippen LogP contribution in [0.25, 0.3) is 0 Å². The quantitative estimate of drug-likeness (QED) is 0.912. The molecule has 0 radical (unpaired) electrons. The number of carbonyl (C=O) groups is 2. The molecule has 1 N–H and O–H groups in total. The van der Waals surface area contributed by atoms with Gasteiger partial charge in [-0.3, -0.25) is 4.79 Å². The van der Waals surface area contributed by atoms with E-state index in [4.69, 9.17) is 4.74 Å². The van der Waals surface area contributed by atoms with Gasteiger partial charge in [-0.15, -0.1) is 0 Å². The largest absolute Gasteiger partial charge is 0.495 e. The number of aryl methyl sites for hydroxylation is 1. The Hall–Kier alpha value is -2.24. The van der Waals surface area contributed by atoms with E-state index in [0.29, 0.717) is 18.2 Å². The number of hydrogen-bond acceptors (Lipinski definition) is 3. The number of nitrogens with one attached hydrogen (secondary N) is 1. The maximum Gasteiger partial charge on any atom is 0.321 e. The van der Waals surface area contributed by atoms with E-state index in [0.717, 1.165) is 44.5 Å². The Morgan fingerprint density at radius 2 is 2.16 bits per heavy atom. The minimum Gasteiger partial charge on any atom is -0.495 e. The normalized spacial score (nSPS) is 18.8. The molecule has 1 saturated heterocycles. The monoisotopic (exact) mass is 345 g/mol. The van der Waals surface area contributed by atoms with Crippen LogP contribution in [-0.4, -0.2) is 55.5 Å². The molecule has 1 fully saturated rings. The van der Waals surface area contributed by atoms with Crippen LogP contribution < -0.4 is 10.1 Å². The third-order valence-corrected chi connectivity index (χ3v) is 5.31. The predicted molar refractivity (Wildman–Crippen MR) is 97.0 cm³/mol. The van der Waals surface area contributed by atoms with Crippen LogP contribution >= 0.6 is 0 Å². The van der Waals surface area contributed by atoms with E-state index >= 15 is 0 Å². The molecular formula is C19H27N3O3. The molecule has 1 atom stereocenters. The van der Waals surface area contributed by atoms with E-state index < -0.39 is 0 Å². The summed E-state index contributed by atoms with van der Waals surface area (Å²) < 4.78 is 5.45. The van der Waals surface area contributed by atoms with Crippen molar-refractivity contribution in [2.75, 3.05) is 39.1 Å². The topological polar surface area (TPSA) is 61.9 Å². The van der Waals surface area contributed by atoms with Crippen molar-refractivity contribution in [3.63, 3.8) is 0 Å². The van der Waals surface area contributed by atoms with Crippen LogP contribution in [-0.2, 0) is 17.6 Å². The first kappa shape index (κ1) is 17.6. The maximum atomic E-state index is 12.7. The van der Waals surface area contributed by atoms with Crippen LogP contribution in [0.2, 0.25) is 0 Å². The number of amides is 3. The molecule has 1 aliphatic heterocycles. The second kappa shape index (κ2) is 7.33. The van der Waals surface area contributed by atoms with Crippen molar-refractivity contribution >= 4 is 17.6 Å². The molecule has 1 aliphatic carbocycles. The van der Waals surface area contributed by atoms with Gasteiger partial charge in [0.1, 0.15) is 5.75 Å². The molecule has 6 nitrogen and oxygen atoms in total. The third-order valence-electron chi connectivity index (χ3n) is 5.31. The van der Waals surface area contributed by atoms with Gasteiger partial charge in [-0.2, -0.15) is 0 Å². The first-order chi connectivity index (χ1) is 12.0. The Balaban J connectivity index is 1.65. The number of urea groups is 1. The Morgan fingerprint density at radius 3 is 2.84 bits per heavy atom. The lowest BCUT2D eigenvalue weighted by atomic mass is 10.1. The van der Waals surface area contributed by atoms with E-state index in [-0.39, 0.29) is 11.9 Å². The summed E-state index contributed by atoms with van der Waals surface area (Å²) in [5.74, 6) is 1.16. The van der Waals surface area contributed by atoms with Gasteiger partial charge in [-0.25, -0.2) is 4.79 Å². The van der Waals surface area contributed by atoms with Crippen molar-refractivity contribution in [3.8, 4) is 5.75 Å². The number of likely N-dealkylation sites (tertiary alicyclic amines) is 1. The van der Waals surface area contributed by atoms with Gasteiger partial charge in [0.2, 0.25) is 5.91 Å². The summed E-state index contributed by atoms with van der Waals surface area (Å²) in [4.78, 5) is 27.7. The molecule has 0 saturated carbocycles. The van der Waals surface area contributed by atoms with Crippen LogP contribution in [0.5, 0.6) is 5.75 Å². The Bertz CT molecular complexity index is 674. The highest BCUT2D eigenvalue weighted by molar-refractivity contribution is 5.92. The molecule has 0 spiro atoms. The Morgan fingerprint density at radius 1 is 1.36 bits per heavy atom. The maximum absolute atomic E-state index is 12.7. The summed E-state index contributed by atoms with van der Waals surface area (Å²) in [6, 6.07) is 3.90. The number of rotatable bonds is 4. The number of anilines is 1. The predicted octanol–water partition coefficient (Wildman–Crippen LogP) is 2.52. The van der Waals surface area contributed by atoms with Crippen LogP contribution in [0.4, 0.5) is 10.5 Å². The van der Waals surface area contributed by atoms with Gasteiger partial charge < -0.3 is 19.9 Å². The van der Waals surface area contributed by atoms with Crippen LogP contribution in [0.1, 0.15) is 30.9 Å². The summed E-state index contributed by atoms with van der Waals surface area (Å²) in [6.45, 7) is 3.76. The highest BCUT2D eigenvalue weighted by Gasteiger charge is 2.27. The first-order valence-corrected chi connectivity index (χ1v) is 8.96. The van der Waals surface area contributed by atoms with E-state index in [1.807, 2.05) is 11.0 Å². The summed E-state index contributed by atoms with van der Waals surface area (Å²) in [6.07, 6.45) is 4.09. The molecule has 0 aromatic heterocycles. The van der Waals surface area contributed by atoms with E-state index in [1.54, 1.807) is 26.0 Å². The highest BCUT2D eigenvalue weighted by atomic mass is 16.5. The molecule has 2 aliphatic rings. The van der Waals surface area contributed by atoms with Gasteiger partial charge in [0, 0.05) is 33.6 Å². The Kier molecular flexibility index (Phi) is 5.16. The molecule has 0 unspecified atom stereocenters. The fourth-order valence-electron chi connectivity index (χ4n) is 3.89. The van der Waals surface area contributed by atoms with E-state index in [1.165, 1.54) is 11.1 Å². The zero-order chi connectivity index (χ0) is 18.0. The number of hydrogen-bond donors (Lipinski definition) is 1. The summed E-state index contributed by atoms with van der Waals surface area (Å²) in [5, 5.41) is 3.05. The zero-order valence-electron chi connectivity index (χ0n) is 15.3. The smallest absolute Gasteiger partial charge is 0.321 e. The second-order valence-electron chi connectivity index (χ2n) is 7.06. The van der Waals surface area contributed by atoms with Crippen molar-refractivity contribution in [3.05, 3.63) is 23.3 Å². The van der Waals surface area contributed by atoms with Gasteiger partial charge in [0.25, 0.3) is 0 Å². The molecule has 1 aromatic rings. The number of benzene rings is 1. The molecule has 136 valence electrons. The lowest BCUT2D eigenvalue weighted by molar-refractivity contribution is -0.127. The van der Waals surface area contributed by atoms with Crippen LogP contribution in [0, 0.1) is 5.92 Å². The number of fused-ring (bicyclic) bond motifs is 1. The van der Waals surface area contributed by atoms with Crippen LogP contribution in [0.15, 0.2) is 12.1 Å². The van der Waals surface area contributed by atoms with Gasteiger partial charge in [-0.05, 0) is 48.8 Å². The zero-order valence-corrected chi connectivity index (χ0v) is 15.3. The standard InChI is InChI=1S/C19H27N3O3/c1-13(23)22-10-9-14(12-22)11-21(2)19(24)20-18-16-6-4-5-15(16)7-8-17(18)25-3/h7-8,14H,4-6,9-12H2,1-3H3,(H,20,24)/t14-/m1/s1.